The van der Waals surface area contributed by atoms with Gasteiger partial charge in [-0.15, -0.1) is 0 Å². The molecule has 4 aliphatic carbocycles. The fraction of sp³-hybridized carbons (Fsp3) is 0.857. The number of nitrogens with zero attached hydrogens (tertiary/aromatic N) is 1. The van der Waals surface area contributed by atoms with Gasteiger partial charge in [0.05, 0.1) is 51.6 Å². The van der Waals surface area contributed by atoms with Gasteiger partial charge in [-0.25, -0.2) is 0 Å². The number of ether oxygens (including phenoxy) is 5. The Morgan fingerprint density at radius 1 is 1.02 bits per heavy atom. The highest BCUT2D eigenvalue weighted by atomic mass is 16.6. The Labute approximate surface area is 303 Å². The molecule has 1 heterocycles. The van der Waals surface area contributed by atoms with Gasteiger partial charge in [0.2, 0.25) is 0 Å². The molecule has 2 bridgehead atoms. The van der Waals surface area contributed by atoms with Gasteiger partial charge in [0.1, 0.15) is 12.2 Å². The summed E-state index contributed by atoms with van der Waals surface area (Å²) in [4.78, 5) is 29.0. The van der Waals surface area contributed by atoms with Crippen LogP contribution in [0.25, 0.3) is 0 Å². The topological polar surface area (TPSA) is 83.5 Å². The van der Waals surface area contributed by atoms with Gasteiger partial charge >= 0.3 is 11.9 Å². The van der Waals surface area contributed by atoms with Crippen LogP contribution in [-0.4, -0.2) is 88.8 Å². The summed E-state index contributed by atoms with van der Waals surface area (Å²) in [6, 6.07) is 0.0612. The molecule has 0 aromatic rings. The SMILES string of the molecule is C=C1C=C2[C@H](CC[C@@H]3[C@@]24COC[C@]3(C)C(OCC(COC(C)C)N(C)C)[C@H](OC(C)=O)C4)[C@@]2(C)CC[C@](C)([C@H](C)C(C)C)[C@@H](C(=O)OC)[C@]12C. The van der Waals surface area contributed by atoms with Crippen molar-refractivity contribution in [1.29, 1.82) is 0 Å². The van der Waals surface area contributed by atoms with E-state index in [2.05, 4.69) is 73.5 Å². The van der Waals surface area contributed by atoms with Crippen molar-refractivity contribution in [2.75, 3.05) is 47.6 Å². The van der Waals surface area contributed by atoms with Crippen molar-refractivity contribution in [3.8, 4) is 0 Å². The predicted molar refractivity (Wildman–Crippen MR) is 196 cm³/mol. The van der Waals surface area contributed by atoms with Gasteiger partial charge in [-0.3, -0.25) is 9.59 Å². The van der Waals surface area contributed by atoms with E-state index in [0.717, 1.165) is 31.3 Å². The Morgan fingerprint density at radius 2 is 1.70 bits per heavy atom. The second kappa shape index (κ2) is 13.9. The van der Waals surface area contributed by atoms with Gasteiger partial charge in [-0.2, -0.15) is 0 Å². The number of rotatable bonds is 11. The van der Waals surface area contributed by atoms with Crippen LogP contribution in [0, 0.1) is 56.7 Å². The van der Waals surface area contributed by atoms with Crippen LogP contribution in [0.5, 0.6) is 0 Å². The summed E-state index contributed by atoms with van der Waals surface area (Å²) in [6.07, 6.45) is 6.45. The number of esters is 2. The summed E-state index contributed by atoms with van der Waals surface area (Å²) < 4.78 is 31.5. The summed E-state index contributed by atoms with van der Waals surface area (Å²) in [5, 5.41) is 0. The first-order valence-electron chi connectivity index (χ1n) is 19.4. The van der Waals surface area contributed by atoms with Crippen molar-refractivity contribution in [1.82, 2.24) is 4.90 Å². The van der Waals surface area contributed by atoms with E-state index in [4.69, 9.17) is 30.3 Å². The van der Waals surface area contributed by atoms with Crippen molar-refractivity contribution >= 4 is 11.9 Å². The van der Waals surface area contributed by atoms with E-state index in [0.29, 0.717) is 50.6 Å². The average Bonchev–Trinajstić information content (AvgIpc) is 3.02. The molecule has 5 rings (SSSR count). The zero-order valence-electron chi connectivity index (χ0n) is 33.6. The zero-order chi connectivity index (χ0) is 37.2. The smallest absolute Gasteiger partial charge is 0.310 e. The maximum atomic E-state index is 14.1. The Kier molecular flexibility index (Phi) is 11.0. The fourth-order valence-corrected chi connectivity index (χ4v) is 12.1. The van der Waals surface area contributed by atoms with E-state index in [1.54, 1.807) is 7.11 Å². The number of hydrogen-bond donors (Lipinski definition) is 0. The molecular weight excluding hydrogens is 630 g/mol. The Balaban J connectivity index is 1.58. The molecule has 0 N–H and O–H groups in total. The number of fused-ring (bicyclic) bond motifs is 3. The number of hydrogen-bond acceptors (Lipinski definition) is 8. The van der Waals surface area contributed by atoms with Crippen LogP contribution in [0.15, 0.2) is 23.8 Å². The maximum absolute atomic E-state index is 14.1. The molecule has 0 amide bonds. The number of likely N-dealkylation sites (N-methyl/N-ethyl adjacent to an activating group) is 1. The largest absolute Gasteiger partial charge is 0.469 e. The van der Waals surface area contributed by atoms with E-state index in [-0.39, 0.29) is 63.7 Å². The lowest BCUT2D eigenvalue weighted by atomic mass is 9.33. The van der Waals surface area contributed by atoms with E-state index in [1.807, 2.05) is 13.8 Å². The third-order valence-corrected chi connectivity index (χ3v) is 15.5. The molecule has 0 spiro atoms. The normalized spacial score (nSPS) is 42.3. The summed E-state index contributed by atoms with van der Waals surface area (Å²) in [5.74, 6) is 0.584. The summed E-state index contributed by atoms with van der Waals surface area (Å²) >= 11 is 0. The van der Waals surface area contributed by atoms with Gasteiger partial charge in [0.15, 0.2) is 0 Å². The van der Waals surface area contributed by atoms with Gasteiger partial charge in [0.25, 0.3) is 0 Å². The standard InChI is InChI=1S/C42H69NO7/c1-25(2)28(6)38(8)17-18-40(10)31-15-16-34-39(9)23-47-24-42(34,32(31)19-27(5)41(40,11)35(38)37(45)46-14)20-33(50-29(7)44)36(39)49-22-30(43(12)13)21-48-26(3)4/h19,25-26,28,30-31,33-36H,5,15-18,20-24H2,1-4,6-14H3/t28-,30?,31+,33-,34+,35-,36?,38-,39+,40-,41+,42+/m1/s1. The number of methoxy groups -OCH3 is 1. The van der Waals surface area contributed by atoms with E-state index < -0.39 is 11.5 Å². The second-order valence-corrected chi connectivity index (χ2v) is 18.7. The maximum Gasteiger partial charge on any atom is 0.310 e. The monoisotopic (exact) mass is 700 g/mol. The van der Waals surface area contributed by atoms with Crippen LogP contribution in [0.2, 0.25) is 0 Å². The molecule has 8 nitrogen and oxygen atoms in total. The molecule has 8 heteroatoms. The molecule has 0 radical (unpaired) electrons. The van der Waals surface area contributed by atoms with Crippen molar-refractivity contribution in [2.45, 2.75) is 126 Å². The van der Waals surface area contributed by atoms with Gasteiger partial charge in [-0.05, 0) is 100 Å². The number of carbonyl (C=O) groups excluding carboxylic acids is 2. The molecular formula is C42H69NO7. The number of allylic oxidation sites excluding steroid dienone is 2. The third kappa shape index (κ3) is 5.94. The molecule has 0 aromatic carbocycles. The highest BCUT2D eigenvalue weighted by molar-refractivity contribution is 5.76. The van der Waals surface area contributed by atoms with Crippen LogP contribution < -0.4 is 0 Å². The Morgan fingerprint density at radius 3 is 2.28 bits per heavy atom. The summed E-state index contributed by atoms with van der Waals surface area (Å²) in [6.45, 7) is 28.9. The Bertz CT molecular complexity index is 1340. The van der Waals surface area contributed by atoms with E-state index in [9.17, 15) is 9.59 Å². The molecule has 12 atom stereocenters. The molecule has 0 aromatic heterocycles. The van der Waals surface area contributed by atoms with Crippen LogP contribution in [0.4, 0.5) is 0 Å². The minimum Gasteiger partial charge on any atom is -0.469 e. The van der Waals surface area contributed by atoms with Crippen molar-refractivity contribution in [3.05, 3.63) is 23.8 Å². The number of carbonyl (C=O) groups is 2. The van der Waals surface area contributed by atoms with Crippen molar-refractivity contribution in [3.63, 3.8) is 0 Å². The first kappa shape index (κ1) is 39.5. The summed E-state index contributed by atoms with van der Waals surface area (Å²) in [7, 11) is 5.65. The van der Waals surface area contributed by atoms with E-state index in [1.165, 1.54) is 12.5 Å². The van der Waals surface area contributed by atoms with Crippen molar-refractivity contribution < 1.29 is 33.3 Å². The molecule has 2 unspecified atom stereocenters. The molecule has 4 fully saturated rings. The van der Waals surface area contributed by atoms with Crippen molar-refractivity contribution in [2.24, 2.45) is 56.7 Å². The zero-order valence-corrected chi connectivity index (χ0v) is 33.6. The lowest BCUT2D eigenvalue weighted by molar-refractivity contribution is -0.267. The van der Waals surface area contributed by atoms with Crippen LogP contribution in [-0.2, 0) is 33.3 Å². The Hall–Kier alpha value is -1.74. The summed E-state index contributed by atoms with van der Waals surface area (Å²) in [5.41, 5.74) is 0.795. The van der Waals surface area contributed by atoms with Crippen LogP contribution in [0.3, 0.4) is 0 Å². The van der Waals surface area contributed by atoms with Crippen LogP contribution in [0.1, 0.15) is 101 Å². The minimum atomic E-state index is -0.485. The minimum absolute atomic E-state index is 0.0612. The lowest BCUT2D eigenvalue weighted by Gasteiger charge is -2.71. The molecule has 284 valence electrons. The molecule has 1 saturated heterocycles. The molecule has 50 heavy (non-hydrogen) atoms. The first-order valence-corrected chi connectivity index (χ1v) is 19.4. The van der Waals surface area contributed by atoms with Gasteiger partial charge in [-0.1, -0.05) is 66.7 Å². The van der Waals surface area contributed by atoms with Gasteiger partial charge < -0.3 is 28.6 Å². The third-order valence-electron chi connectivity index (χ3n) is 15.5. The molecule has 3 saturated carbocycles. The molecule has 1 aliphatic heterocycles. The highest BCUT2D eigenvalue weighted by Crippen LogP contribution is 2.76. The predicted octanol–water partition coefficient (Wildman–Crippen LogP) is 7.50. The fourth-order valence-electron chi connectivity index (χ4n) is 12.1. The first-order chi connectivity index (χ1) is 23.2. The van der Waals surface area contributed by atoms with Gasteiger partial charge in [0, 0.05) is 23.2 Å². The second-order valence-electron chi connectivity index (χ2n) is 18.7. The quantitative estimate of drug-likeness (QED) is 0.205. The van der Waals surface area contributed by atoms with E-state index >= 15 is 0 Å². The lowest BCUT2D eigenvalue weighted by Crippen LogP contribution is -2.70. The van der Waals surface area contributed by atoms with Crippen LogP contribution >= 0.6 is 0 Å². The average molecular weight is 700 g/mol. The highest BCUT2D eigenvalue weighted by Gasteiger charge is 2.73. The molecule has 5 aliphatic rings.